The van der Waals surface area contributed by atoms with E-state index in [-0.39, 0.29) is 12.5 Å². The van der Waals surface area contributed by atoms with Gasteiger partial charge in [-0.2, -0.15) is 0 Å². The number of piperidine rings is 1. The van der Waals surface area contributed by atoms with E-state index < -0.39 is 13.4 Å². The third-order valence-corrected chi connectivity index (χ3v) is 6.11. The van der Waals surface area contributed by atoms with Crippen molar-refractivity contribution in [1.29, 1.82) is 0 Å². The highest BCUT2D eigenvalue weighted by molar-refractivity contribution is 7.46. The van der Waals surface area contributed by atoms with E-state index in [1.54, 1.807) is 17.0 Å². The largest absolute Gasteiger partial charge is 0.469 e. The molecule has 0 aromatic heterocycles. The summed E-state index contributed by atoms with van der Waals surface area (Å²) >= 11 is 0. The molecular formula is C23H30N3O6P. The Kier molecular flexibility index (Phi) is 8.40. The van der Waals surface area contributed by atoms with E-state index in [0.29, 0.717) is 38.1 Å². The van der Waals surface area contributed by atoms with Gasteiger partial charge in [-0.05, 0) is 43.0 Å². The number of amides is 1. The van der Waals surface area contributed by atoms with Crippen LogP contribution >= 0.6 is 7.82 Å². The summed E-state index contributed by atoms with van der Waals surface area (Å²) in [5.41, 5.74) is 8.62. The SMILES string of the molecule is CC(=NOCCc1ccccc1)c1ccc(C(=O)N2CCC(N)(COP(=O)(O)O)CC2)cc1. The lowest BCUT2D eigenvalue weighted by molar-refractivity contribution is 0.0594. The number of oxime groups is 1. The molecule has 0 bridgehead atoms. The third-order valence-electron chi connectivity index (χ3n) is 5.64. The fourth-order valence-electron chi connectivity index (χ4n) is 3.55. The van der Waals surface area contributed by atoms with Gasteiger partial charge in [0.15, 0.2) is 0 Å². The summed E-state index contributed by atoms with van der Waals surface area (Å²) < 4.78 is 15.5. The summed E-state index contributed by atoms with van der Waals surface area (Å²) in [6, 6.07) is 17.2. The predicted molar refractivity (Wildman–Crippen MR) is 125 cm³/mol. The first kappa shape index (κ1) is 25.1. The number of carbonyl (C=O) groups is 1. The molecule has 0 unspecified atom stereocenters. The van der Waals surface area contributed by atoms with Gasteiger partial charge in [-0.3, -0.25) is 9.32 Å². The molecule has 4 N–H and O–H groups in total. The van der Waals surface area contributed by atoms with Crippen molar-refractivity contribution in [2.75, 3.05) is 26.3 Å². The Balaban J connectivity index is 1.49. The van der Waals surface area contributed by atoms with E-state index in [1.807, 2.05) is 49.4 Å². The van der Waals surface area contributed by atoms with Crippen LogP contribution in [0.5, 0.6) is 0 Å². The number of likely N-dealkylation sites (tertiary alicyclic amines) is 1. The van der Waals surface area contributed by atoms with Crippen molar-refractivity contribution in [2.24, 2.45) is 10.9 Å². The Morgan fingerprint density at radius 2 is 1.70 bits per heavy atom. The number of carbonyl (C=O) groups excluding carboxylic acids is 1. The maximum Gasteiger partial charge on any atom is 0.469 e. The maximum absolute atomic E-state index is 12.8. The van der Waals surface area contributed by atoms with Crippen molar-refractivity contribution in [2.45, 2.75) is 31.7 Å². The molecule has 0 atom stereocenters. The van der Waals surface area contributed by atoms with E-state index in [9.17, 15) is 9.36 Å². The molecule has 1 aliphatic rings. The Bertz CT molecular complexity index is 999. The lowest BCUT2D eigenvalue weighted by atomic mass is 9.89. The van der Waals surface area contributed by atoms with Crippen LogP contribution in [0.15, 0.2) is 59.8 Å². The zero-order valence-corrected chi connectivity index (χ0v) is 19.5. The van der Waals surface area contributed by atoms with Crippen molar-refractivity contribution < 1.29 is 28.5 Å². The summed E-state index contributed by atoms with van der Waals surface area (Å²) in [7, 11) is -4.57. The zero-order chi connectivity index (χ0) is 23.9. The summed E-state index contributed by atoms with van der Waals surface area (Å²) in [4.78, 5) is 37.7. The second kappa shape index (κ2) is 11.0. The number of benzene rings is 2. The Labute approximate surface area is 193 Å². The van der Waals surface area contributed by atoms with Gasteiger partial charge in [0.1, 0.15) is 6.61 Å². The summed E-state index contributed by atoms with van der Waals surface area (Å²) in [6.45, 7) is 2.86. The van der Waals surface area contributed by atoms with Crippen LogP contribution in [-0.2, 0) is 20.3 Å². The van der Waals surface area contributed by atoms with Crippen molar-refractivity contribution in [3.8, 4) is 0 Å². The van der Waals surface area contributed by atoms with Crippen molar-refractivity contribution >= 4 is 19.4 Å². The van der Waals surface area contributed by atoms with Gasteiger partial charge in [0.2, 0.25) is 0 Å². The van der Waals surface area contributed by atoms with Crippen molar-refractivity contribution in [1.82, 2.24) is 4.90 Å². The van der Waals surface area contributed by atoms with Crippen LogP contribution in [0.3, 0.4) is 0 Å². The molecule has 0 spiro atoms. The van der Waals surface area contributed by atoms with Crippen LogP contribution in [-0.4, -0.2) is 58.1 Å². The fourth-order valence-corrected chi connectivity index (χ4v) is 3.98. The van der Waals surface area contributed by atoms with Gasteiger partial charge in [0.05, 0.1) is 12.3 Å². The maximum atomic E-state index is 12.8. The molecule has 0 aliphatic carbocycles. The highest BCUT2D eigenvalue weighted by Crippen LogP contribution is 2.37. The quantitative estimate of drug-likeness (QED) is 0.220. The second-order valence-corrected chi connectivity index (χ2v) is 9.48. The minimum absolute atomic E-state index is 0.117. The van der Waals surface area contributed by atoms with Crippen LogP contribution in [0.4, 0.5) is 0 Å². The molecule has 1 fully saturated rings. The Hall–Kier alpha value is -2.55. The van der Waals surface area contributed by atoms with E-state index in [4.69, 9.17) is 20.4 Å². The first-order valence-corrected chi connectivity index (χ1v) is 12.3. The van der Waals surface area contributed by atoms with E-state index in [2.05, 4.69) is 9.68 Å². The molecule has 2 aromatic rings. The third kappa shape index (κ3) is 7.77. The fraction of sp³-hybridized carbons (Fsp3) is 0.391. The number of nitrogens with zero attached hydrogens (tertiary/aromatic N) is 2. The van der Waals surface area contributed by atoms with E-state index in [0.717, 1.165) is 17.7 Å². The van der Waals surface area contributed by atoms with E-state index >= 15 is 0 Å². The Morgan fingerprint density at radius 3 is 2.30 bits per heavy atom. The zero-order valence-electron chi connectivity index (χ0n) is 18.6. The van der Waals surface area contributed by atoms with Crippen LogP contribution in [0.25, 0.3) is 0 Å². The molecule has 1 amide bonds. The van der Waals surface area contributed by atoms with Gasteiger partial charge in [-0.1, -0.05) is 47.6 Å². The van der Waals surface area contributed by atoms with Gasteiger partial charge in [-0.15, -0.1) is 0 Å². The first-order valence-electron chi connectivity index (χ1n) is 10.7. The van der Waals surface area contributed by atoms with Gasteiger partial charge < -0.3 is 25.3 Å². The number of rotatable bonds is 9. The smallest absolute Gasteiger partial charge is 0.395 e. The molecule has 0 saturated carbocycles. The number of nitrogens with two attached hydrogens (primary N) is 1. The molecule has 178 valence electrons. The van der Waals surface area contributed by atoms with Crippen LogP contribution in [0, 0.1) is 0 Å². The normalized spacial score (nSPS) is 16.5. The minimum Gasteiger partial charge on any atom is -0.395 e. The molecule has 1 saturated heterocycles. The lowest BCUT2D eigenvalue weighted by Gasteiger charge is -2.38. The number of phosphoric acid groups is 1. The Morgan fingerprint density at radius 1 is 1.09 bits per heavy atom. The molecule has 10 heteroatoms. The lowest BCUT2D eigenvalue weighted by Crippen LogP contribution is -2.54. The monoisotopic (exact) mass is 475 g/mol. The highest BCUT2D eigenvalue weighted by atomic mass is 31.2. The molecule has 3 rings (SSSR count). The first-order chi connectivity index (χ1) is 15.7. The average Bonchev–Trinajstić information content (AvgIpc) is 2.81. The van der Waals surface area contributed by atoms with E-state index in [1.165, 1.54) is 5.56 Å². The molecule has 0 radical (unpaired) electrons. The average molecular weight is 475 g/mol. The van der Waals surface area contributed by atoms with Gasteiger partial charge >= 0.3 is 7.82 Å². The van der Waals surface area contributed by atoms with Crippen molar-refractivity contribution in [3.05, 3.63) is 71.3 Å². The number of hydrogen-bond donors (Lipinski definition) is 3. The molecule has 1 heterocycles. The molecule has 2 aromatic carbocycles. The molecule has 33 heavy (non-hydrogen) atoms. The van der Waals surface area contributed by atoms with Crippen LogP contribution < -0.4 is 5.73 Å². The topological polar surface area (TPSA) is 135 Å². The minimum atomic E-state index is -4.57. The summed E-state index contributed by atoms with van der Waals surface area (Å²) in [6.07, 6.45) is 1.56. The standard InChI is InChI=1S/C23H30N3O6P/c1-18(25-31-16-11-19-5-3-2-4-6-19)20-7-9-21(10-8-20)22(27)26-14-12-23(24,13-15-26)17-32-33(28,29)30/h2-10H,11-17,24H2,1H3,(H2,28,29,30). The number of hydrogen-bond acceptors (Lipinski definition) is 6. The highest BCUT2D eigenvalue weighted by Gasteiger charge is 2.35. The second-order valence-electron chi connectivity index (χ2n) is 8.24. The molecular weight excluding hydrogens is 445 g/mol. The van der Waals surface area contributed by atoms with Gasteiger partial charge in [0.25, 0.3) is 5.91 Å². The molecule has 9 nitrogen and oxygen atoms in total. The van der Waals surface area contributed by atoms with Crippen LogP contribution in [0.2, 0.25) is 0 Å². The summed E-state index contributed by atoms with van der Waals surface area (Å²) in [5.74, 6) is -0.117. The van der Waals surface area contributed by atoms with Gasteiger partial charge in [0, 0.05) is 30.6 Å². The molecule has 1 aliphatic heterocycles. The number of phosphoric ester groups is 1. The van der Waals surface area contributed by atoms with Gasteiger partial charge in [-0.25, -0.2) is 4.57 Å². The van der Waals surface area contributed by atoms with Crippen molar-refractivity contribution in [3.63, 3.8) is 0 Å². The predicted octanol–water partition coefficient (Wildman–Crippen LogP) is 2.71. The van der Waals surface area contributed by atoms with Crippen LogP contribution in [0.1, 0.15) is 41.3 Å². The summed E-state index contributed by atoms with van der Waals surface area (Å²) in [5, 5.41) is 4.16.